The number of aliphatic hydroxyl groups is 3. The molecule has 4 aromatic rings. The summed E-state index contributed by atoms with van der Waals surface area (Å²) < 4.78 is 74.3. The molecule has 4 aliphatic rings. The molecule has 0 radical (unpaired) electrons. The Hall–Kier alpha value is -6.85. The van der Waals surface area contributed by atoms with Crippen LogP contribution in [0, 0.1) is 16.7 Å². The molecule has 16 nitrogen and oxygen atoms in total. The number of hydrogen-bond acceptors (Lipinski definition) is 15. The Morgan fingerprint density at radius 2 is 1.40 bits per heavy atom. The van der Waals surface area contributed by atoms with Gasteiger partial charge in [-0.1, -0.05) is 105 Å². The molecule has 2 saturated carbocycles. The predicted molar refractivity (Wildman–Crippen MR) is 248 cm³/mol. The summed E-state index contributed by atoms with van der Waals surface area (Å²) in [5, 5.41) is 40.4. The number of ether oxygens (including phenoxy) is 5. The Bertz CT molecular complexity index is 3020. The van der Waals surface area contributed by atoms with Crippen LogP contribution in [0.5, 0.6) is 0 Å². The van der Waals surface area contributed by atoms with E-state index in [1.54, 1.807) is 24.3 Å². The fourth-order valence-corrected chi connectivity index (χ4v) is 10.7. The largest absolute Gasteiger partial charge is 0.456 e. The Kier molecular flexibility index (Phi) is 11.6. The minimum absolute atomic E-state index is 0.0334. The standard InChI is InChI=1S/C54H55NO15/c1-29-37(68-50(64)43(60)41(32-16-10-7-11-17-32)55-48(62)35-24-22-34(23-25-35)42(59)33-18-12-8-13-19-33)27-54(65)47(69-49(63)36-20-14-9-15-21-36)45-52(6,38(58)26-39-53(45,28-66-39)70-31(3)57)46(61)44(67-30(2)56)40(29)51(54,4)5/h7-25,37-39,41,43-45,47,58,60,65H,26-28H2,1-6H3,(H,55,62)/t37-,38-,39+,41-,43+,44+,45-,47-,52+,53-,54+/m0/s1/i20T,21T,24T,25T,41T. The van der Waals surface area contributed by atoms with Crippen molar-refractivity contribution in [2.45, 2.75) is 108 Å². The molecule has 2 bridgehead atoms. The number of Topliss-reactive ketones (excluding diaryl/α,β-unsaturated/α-hetero) is 1. The normalized spacial score (nSPS) is 30.9. The van der Waals surface area contributed by atoms with Gasteiger partial charge in [0.1, 0.15) is 23.9 Å². The summed E-state index contributed by atoms with van der Waals surface area (Å²) >= 11 is 0. The Balaban J connectivity index is 1.25. The average Bonchev–Trinajstić information content (AvgIpc) is 3.34. The monoisotopic (exact) mass is 967 g/mol. The number of hydrogen-bond donors (Lipinski definition) is 4. The third-order valence-electron chi connectivity index (χ3n) is 14.4. The first-order chi connectivity index (χ1) is 35.1. The molecule has 3 aliphatic carbocycles. The van der Waals surface area contributed by atoms with Crippen molar-refractivity contribution >= 4 is 41.4 Å². The summed E-state index contributed by atoms with van der Waals surface area (Å²) in [7, 11) is 0. The van der Waals surface area contributed by atoms with E-state index in [1.165, 1.54) is 82.3 Å². The van der Waals surface area contributed by atoms with Crippen LogP contribution in [0.25, 0.3) is 0 Å². The summed E-state index contributed by atoms with van der Waals surface area (Å²) in [6.45, 7) is 7.14. The number of esters is 4. The van der Waals surface area contributed by atoms with E-state index in [1.807, 2.05) is 0 Å². The molecule has 366 valence electrons. The Morgan fingerprint density at radius 3 is 1.99 bits per heavy atom. The fraction of sp³-hybridized carbons (Fsp3) is 0.389. The van der Waals surface area contributed by atoms with Gasteiger partial charge in [0, 0.05) is 48.8 Å². The van der Waals surface area contributed by atoms with Crippen molar-refractivity contribution < 1.29 is 79.4 Å². The molecule has 3 fully saturated rings. The second-order valence-electron chi connectivity index (χ2n) is 18.7. The summed E-state index contributed by atoms with van der Waals surface area (Å²) in [6, 6.07) is 15.9. The van der Waals surface area contributed by atoms with E-state index >= 15 is 4.79 Å². The number of ketones is 2. The zero-order valence-electron chi connectivity index (χ0n) is 44.1. The maximum absolute atomic E-state index is 15.7. The van der Waals surface area contributed by atoms with Crippen molar-refractivity contribution in [3.05, 3.63) is 154 Å². The molecule has 0 unspecified atom stereocenters. The molecular weight excluding hydrogens is 903 g/mol. The van der Waals surface area contributed by atoms with Crippen LogP contribution in [-0.4, -0.2) is 111 Å². The molecule has 4 N–H and O–H groups in total. The van der Waals surface area contributed by atoms with Gasteiger partial charge in [0.2, 0.25) is 0 Å². The summed E-state index contributed by atoms with van der Waals surface area (Å²) in [5.74, 6) is -9.48. The smallest absolute Gasteiger partial charge is 0.338 e. The van der Waals surface area contributed by atoms with Crippen molar-refractivity contribution in [1.82, 2.24) is 5.32 Å². The van der Waals surface area contributed by atoms with Crippen molar-refractivity contribution in [3.8, 4) is 0 Å². The number of amides is 1. The maximum atomic E-state index is 15.7. The average molecular weight is 968 g/mol. The Morgan fingerprint density at radius 1 is 0.800 bits per heavy atom. The summed E-state index contributed by atoms with van der Waals surface area (Å²) in [4.78, 5) is 98.7. The highest BCUT2D eigenvalue weighted by Crippen LogP contribution is 2.64. The minimum atomic E-state index is -2.88. The summed E-state index contributed by atoms with van der Waals surface area (Å²) in [6.07, 6.45) is -12.6. The van der Waals surface area contributed by atoms with E-state index < -0.39 is 160 Å². The topological polar surface area (TPSA) is 238 Å². The van der Waals surface area contributed by atoms with E-state index in [4.69, 9.17) is 29.2 Å². The number of fused-ring (bicyclic) bond motifs is 5. The first kappa shape index (κ1) is 43.2. The van der Waals surface area contributed by atoms with Gasteiger partial charge in [-0.25, -0.2) is 9.59 Å². The molecule has 0 aromatic heterocycles. The van der Waals surface area contributed by atoms with E-state index in [0.717, 1.165) is 26.0 Å². The molecule has 8 rings (SSSR count). The molecule has 4 aromatic carbocycles. The van der Waals surface area contributed by atoms with Gasteiger partial charge in [0.05, 0.1) is 42.5 Å². The Labute approximate surface area is 410 Å². The summed E-state index contributed by atoms with van der Waals surface area (Å²) in [5.41, 5.74) is -10.2. The number of carbonyl (C=O) groups is 7. The fourth-order valence-electron chi connectivity index (χ4n) is 10.7. The van der Waals surface area contributed by atoms with Crippen LogP contribution < -0.4 is 5.32 Å². The van der Waals surface area contributed by atoms with Crippen molar-refractivity contribution in [3.63, 3.8) is 0 Å². The highest BCUT2D eigenvalue weighted by Gasteiger charge is 2.78. The lowest BCUT2D eigenvalue weighted by molar-refractivity contribution is -0.346. The van der Waals surface area contributed by atoms with E-state index in [2.05, 4.69) is 5.32 Å². The first-order valence-electron chi connectivity index (χ1n) is 25.0. The van der Waals surface area contributed by atoms with Crippen LogP contribution in [0.15, 0.2) is 126 Å². The van der Waals surface area contributed by atoms with Crippen LogP contribution >= 0.6 is 0 Å². The van der Waals surface area contributed by atoms with Gasteiger partial charge in [-0.3, -0.25) is 24.0 Å². The number of carbonyl (C=O) groups excluding carboxylic acids is 7. The van der Waals surface area contributed by atoms with E-state index in [9.17, 15) is 45.5 Å². The number of aliphatic hydroxyl groups excluding tert-OH is 2. The predicted octanol–water partition coefficient (Wildman–Crippen LogP) is 4.97. The molecule has 1 heterocycles. The highest BCUT2D eigenvalue weighted by atomic mass is 16.6. The molecule has 70 heavy (non-hydrogen) atoms. The first-order valence-corrected chi connectivity index (χ1v) is 22.5. The molecule has 1 aliphatic heterocycles. The molecule has 16 heteroatoms. The van der Waals surface area contributed by atoms with Gasteiger partial charge in [0.25, 0.3) is 5.91 Å². The van der Waals surface area contributed by atoms with Crippen molar-refractivity contribution in [2.75, 3.05) is 6.61 Å². The van der Waals surface area contributed by atoms with Crippen LogP contribution in [-0.2, 0) is 42.9 Å². The van der Waals surface area contributed by atoms with E-state index in [-0.39, 0.29) is 34.3 Å². The third kappa shape index (κ3) is 8.41. The van der Waals surface area contributed by atoms with Gasteiger partial charge in [0.15, 0.2) is 29.4 Å². The molecule has 11 atom stereocenters. The lowest BCUT2D eigenvalue weighted by Crippen LogP contribution is -2.82. The van der Waals surface area contributed by atoms with Gasteiger partial charge in [-0.15, -0.1) is 0 Å². The molecule has 1 amide bonds. The minimum Gasteiger partial charge on any atom is -0.456 e. The maximum Gasteiger partial charge on any atom is 0.338 e. The van der Waals surface area contributed by atoms with Crippen LogP contribution in [0.1, 0.15) is 109 Å². The van der Waals surface area contributed by atoms with Crippen LogP contribution in [0.4, 0.5) is 0 Å². The molecule has 1 saturated heterocycles. The highest BCUT2D eigenvalue weighted by molar-refractivity contribution is 6.09. The lowest BCUT2D eigenvalue weighted by Gasteiger charge is -2.67. The quantitative estimate of drug-likeness (QED) is 0.0635. The third-order valence-corrected chi connectivity index (χ3v) is 14.4. The number of benzene rings is 4. The van der Waals surface area contributed by atoms with Gasteiger partial charge in [-0.2, -0.15) is 0 Å². The zero-order chi connectivity index (χ0) is 54.9. The second-order valence-corrected chi connectivity index (χ2v) is 18.7. The second kappa shape index (κ2) is 18.8. The zero-order valence-corrected chi connectivity index (χ0v) is 39.1. The van der Waals surface area contributed by atoms with Crippen molar-refractivity contribution in [2.24, 2.45) is 16.7 Å². The number of nitrogens with one attached hydrogen (secondary N) is 1. The van der Waals surface area contributed by atoms with Gasteiger partial charge < -0.3 is 44.3 Å². The van der Waals surface area contributed by atoms with E-state index in [0.29, 0.717) is 0 Å². The van der Waals surface area contributed by atoms with Crippen LogP contribution in [0.2, 0.25) is 0 Å². The van der Waals surface area contributed by atoms with Crippen molar-refractivity contribution in [1.29, 1.82) is 0 Å². The lowest BCUT2D eigenvalue weighted by atomic mass is 9.44. The molecular formula is C54H55NO15. The van der Waals surface area contributed by atoms with Gasteiger partial charge in [-0.05, 0) is 54.7 Å². The number of rotatable bonds is 12. The molecule has 0 spiro atoms. The van der Waals surface area contributed by atoms with Crippen LogP contribution in [0.3, 0.4) is 0 Å². The van der Waals surface area contributed by atoms with Gasteiger partial charge >= 0.3 is 23.9 Å². The SMILES string of the molecule is [3H]c1cc(C(=O)c2ccccc2)cc([3H])c1C(=O)N[C@@]([3H])(c1ccccc1)[C@@H](O)C(=O)O[C@H]1C[C@@]2(O)[C@@H](OC(=O)c3c([3H])cccc3[3H])[C@@H]3[C@]4(OC(C)=O)CO[C@@H]4C[C@H](O)[C@@]3(C)C(=O)[C@H](OC(C)=O)C(=C1C)C2(C)C.